The number of nitrogens with one attached hydrogen (secondary N) is 2. The van der Waals surface area contributed by atoms with E-state index in [1.807, 2.05) is 4.68 Å². The number of piperidine rings is 1. The Morgan fingerprint density at radius 1 is 1.20 bits per heavy atom. The van der Waals surface area contributed by atoms with Gasteiger partial charge in [0.15, 0.2) is 5.69 Å². The first-order chi connectivity index (χ1) is 9.83. The molecule has 6 heteroatoms. The van der Waals surface area contributed by atoms with Crippen molar-refractivity contribution in [2.45, 2.75) is 57.0 Å². The van der Waals surface area contributed by atoms with Gasteiger partial charge in [-0.25, -0.2) is 4.68 Å². The maximum Gasteiger partial charge on any atom is 0.273 e. The lowest BCUT2D eigenvalue weighted by Gasteiger charge is -2.22. The minimum absolute atomic E-state index is 0.0721. The van der Waals surface area contributed by atoms with Crippen LogP contribution in [0.25, 0.3) is 0 Å². The molecule has 110 valence electrons. The van der Waals surface area contributed by atoms with Crippen molar-refractivity contribution in [1.82, 2.24) is 25.6 Å². The molecule has 0 unspecified atom stereocenters. The fraction of sp³-hybridized carbons (Fsp3) is 0.786. The monoisotopic (exact) mass is 277 g/mol. The van der Waals surface area contributed by atoms with E-state index in [1.54, 1.807) is 6.20 Å². The lowest BCUT2D eigenvalue weighted by Crippen LogP contribution is -2.36. The molecule has 1 amide bonds. The molecule has 0 spiro atoms. The van der Waals surface area contributed by atoms with Gasteiger partial charge in [0.25, 0.3) is 5.91 Å². The summed E-state index contributed by atoms with van der Waals surface area (Å²) >= 11 is 0. The average Bonchev–Trinajstić information content (AvgIpc) is 2.99. The second-order valence-corrected chi connectivity index (χ2v) is 5.87. The van der Waals surface area contributed by atoms with E-state index in [0.717, 1.165) is 38.8 Å². The predicted octanol–water partition coefficient (Wildman–Crippen LogP) is 1.27. The van der Waals surface area contributed by atoms with Crippen LogP contribution in [0.5, 0.6) is 0 Å². The third kappa shape index (κ3) is 3.17. The fourth-order valence-electron chi connectivity index (χ4n) is 3.14. The van der Waals surface area contributed by atoms with E-state index in [4.69, 9.17) is 0 Å². The molecule has 1 aromatic rings. The summed E-state index contributed by atoms with van der Waals surface area (Å²) in [6, 6.07) is 0.695. The van der Waals surface area contributed by atoms with Crippen LogP contribution in [0.15, 0.2) is 6.20 Å². The Labute approximate surface area is 119 Å². The zero-order valence-electron chi connectivity index (χ0n) is 11.8. The predicted molar refractivity (Wildman–Crippen MR) is 75.5 cm³/mol. The zero-order valence-corrected chi connectivity index (χ0v) is 11.8. The van der Waals surface area contributed by atoms with Gasteiger partial charge < -0.3 is 10.6 Å². The standard InChI is InChI=1S/C14H23N5O/c20-14(16-11-4-2-1-3-5-11)13-10-19(18-17-13)12-6-8-15-9-7-12/h10-12,15H,1-9H2,(H,16,20). The van der Waals surface area contributed by atoms with E-state index in [2.05, 4.69) is 20.9 Å². The SMILES string of the molecule is O=C(NC1CCCCC1)c1cn(C2CCNCC2)nn1. The van der Waals surface area contributed by atoms with Crippen LogP contribution < -0.4 is 10.6 Å². The Bertz CT molecular complexity index is 446. The maximum atomic E-state index is 12.2. The Kier molecular flexibility index (Phi) is 4.30. The molecule has 1 saturated carbocycles. The smallest absolute Gasteiger partial charge is 0.273 e. The van der Waals surface area contributed by atoms with Crippen LogP contribution >= 0.6 is 0 Å². The van der Waals surface area contributed by atoms with Crippen LogP contribution in [-0.4, -0.2) is 40.0 Å². The number of hydrogen-bond donors (Lipinski definition) is 2. The molecule has 2 aliphatic rings. The highest BCUT2D eigenvalue weighted by Gasteiger charge is 2.21. The molecule has 1 aliphatic heterocycles. The minimum Gasteiger partial charge on any atom is -0.348 e. The van der Waals surface area contributed by atoms with Crippen molar-refractivity contribution in [2.24, 2.45) is 0 Å². The lowest BCUT2D eigenvalue weighted by molar-refractivity contribution is 0.0922. The number of nitrogens with zero attached hydrogens (tertiary/aromatic N) is 3. The van der Waals surface area contributed by atoms with Crippen molar-refractivity contribution >= 4 is 5.91 Å². The van der Waals surface area contributed by atoms with Gasteiger partial charge in [0.05, 0.1) is 12.2 Å². The first-order valence-corrected chi connectivity index (χ1v) is 7.76. The number of aromatic nitrogens is 3. The number of carbonyl (C=O) groups is 1. The molecule has 0 radical (unpaired) electrons. The summed E-state index contributed by atoms with van der Waals surface area (Å²) in [5.74, 6) is -0.0721. The van der Waals surface area contributed by atoms with Crippen LogP contribution in [0.3, 0.4) is 0 Å². The molecule has 2 N–H and O–H groups in total. The van der Waals surface area contributed by atoms with E-state index in [9.17, 15) is 4.79 Å². The summed E-state index contributed by atoms with van der Waals surface area (Å²) in [7, 11) is 0. The molecule has 1 saturated heterocycles. The van der Waals surface area contributed by atoms with E-state index < -0.39 is 0 Å². The summed E-state index contributed by atoms with van der Waals surface area (Å²) in [6.07, 6.45) is 9.80. The molecule has 3 rings (SSSR count). The molecule has 6 nitrogen and oxygen atoms in total. The Balaban J connectivity index is 1.58. The molecule has 20 heavy (non-hydrogen) atoms. The second-order valence-electron chi connectivity index (χ2n) is 5.87. The van der Waals surface area contributed by atoms with Crippen molar-refractivity contribution in [3.8, 4) is 0 Å². The van der Waals surface area contributed by atoms with Crippen molar-refractivity contribution in [3.63, 3.8) is 0 Å². The van der Waals surface area contributed by atoms with Gasteiger partial charge >= 0.3 is 0 Å². The van der Waals surface area contributed by atoms with E-state index >= 15 is 0 Å². The molecule has 0 bridgehead atoms. The third-order valence-corrected chi connectivity index (χ3v) is 4.37. The Morgan fingerprint density at radius 2 is 1.95 bits per heavy atom. The highest BCUT2D eigenvalue weighted by atomic mass is 16.2. The van der Waals surface area contributed by atoms with Gasteiger partial charge in [0.2, 0.25) is 0 Å². The highest BCUT2D eigenvalue weighted by Crippen LogP contribution is 2.19. The van der Waals surface area contributed by atoms with Crippen LogP contribution in [0, 0.1) is 0 Å². The van der Waals surface area contributed by atoms with Crippen LogP contribution in [-0.2, 0) is 0 Å². The van der Waals surface area contributed by atoms with Gasteiger partial charge in [-0.2, -0.15) is 0 Å². The second kappa shape index (κ2) is 6.35. The summed E-state index contributed by atoms with van der Waals surface area (Å²) in [4.78, 5) is 12.2. The normalized spacial score (nSPS) is 21.8. The Hall–Kier alpha value is -1.43. The first-order valence-electron chi connectivity index (χ1n) is 7.76. The molecule has 1 aliphatic carbocycles. The van der Waals surface area contributed by atoms with Crippen molar-refractivity contribution in [3.05, 3.63) is 11.9 Å². The summed E-state index contributed by atoms with van der Waals surface area (Å²) in [5.41, 5.74) is 0.453. The van der Waals surface area contributed by atoms with Gasteiger partial charge in [0.1, 0.15) is 0 Å². The quantitative estimate of drug-likeness (QED) is 0.872. The van der Waals surface area contributed by atoms with Gasteiger partial charge in [0, 0.05) is 6.04 Å². The van der Waals surface area contributed by atoms with E-state index in [-0.39, 0.29) is 5.91 Å². The largest absolute Gasteiger partial charge is 0.348 e. The average molecular weight is 277 g/mol. The van der Waals surface area contributed by atoms with Gasteiger partial charge in [-0.05, 0) is 38.8 Å². The van der Waals surface area contributed by atoms with Crippen molar-refractivity contribution in [2.75, 3.05) is 13.1 Å². The molecule has 2 fully saturated rings. The fourth-order valence-corrected chi connectivity index (χ4v) is 3.14. The molecular formula is C14H23N5O. The van der Waals surface area contributed by atoms with Crippen molar-refractivity contribution in [1.29, 1.82) is 0 Å². The number of hydrogen-bond acceptors (Lipinski definition) is 4. The molecule has 1 aromatic heterocycles. The molecule has 0 aromatic carbocycles. The summed E-state index contributed by atoms with van der Waals surface area (Å²) < 4.78 is 1.86. The van der Waals surface area contributed by atoms with Crippen LogP contribution in [0.2, 0.25) is 0 Å². The summed E-state index contributed by atoms with van der Waals surface area (Å²) in [5, 5.41) is 14.6. The number of amides is 1. The first kappa shape index (κ1) is 13.5. The molecule has 2 heterocycles. The van der Waals surface area contributed by atoms with Crippen LogP contribution in [0.4, 0.5) is 0 Å². The van der Waals surface area contributed by atoms with E-state index in [0.29, 0.717) is 17.8 Å². The zero-order chi connectivity index (χ0) is 13.8. The number of rotatable bonds is 3. The van der Waals surface area contributed by atoms with Gasteiger partial charge in [-0.15, -0.1) is 5.10 Å². The van der Waals surface area contributed by atoms with Gasteiger partial charge in [-0.3, -0.25) is 4.79 Å². The maximum absolute atomic E-state index is 12.2. The minimum atomic E-state index is -0.0721. The number of carbonyl (C=O) groups excluding carboxylic acids is 1. The lowest BCUT2D eigenvalue weighted by atomic mass is 9.95. The summed E-state index contributed by atoms with van der Waals surface area (Å²) in [6.45, 7) is 2.02. The van der Waals surface area contributed by atoms with Gasteiger partial charge in [-0.1, -0.05) is 24.5 Å². The Morgan fingerprint density at radius 3 is 2.70 bits per heavy atom. The molecular weight excluding hydrogens is 254 g/mol. The van der Waals surface area contributed by atoms with E-state index in [1.165, 1.54) is 19.3 Å². The highest BCUT2D eigenvalue weighted by molar-refractivity contribution is 5.92. The third-order valence-electron chi connectivity index (χ3n) is 4.37. The van der Waals surface area contributed by atoms with Crippen molar-refractivity contribution < 1.29 is 4.79 Å². The molecule has 0 atom stereocenters. The topological polar surface area (TPSA) is 71.8 Å². The van der Waals surface area contributed by atoms with Crippen LogP contribution in [0.1, 0.15) is 61.5 Å².